The third-order valence-corrected chi connectivity index (χ3v) is 6.20. The highest BCUT2D eigenvalue weighted by molar-refractivity contribution is 7.89. The third kappa shape index (κ3) is 3.73. The van der Waals surface area contributed by atoms with Crippen molar-refractivity contribution < 1.29 is 17.9 Å². The van der Waals surface area contributed by atoms with Gasteiger partial charge in [-0.1, -0.05) is 6.07 Å². The summed E-state index contributed by atoms with van der Waals surface area (Å²) >= 11 is 0. The van der Waals surface area contributed by atoms with Crippen molar-refractivity contribution in [2.75, 3.05) is 20.4 Å². The summed E-state index contributed by atoms with van der Waals surface area (Å²) in [6.07, 6.45) is 2.05. The van der Waals surface area contributed by atoms with E-state index in [4.69, 9.17) is 4.74 Å². The van der Waals surface area contributed by atoms with Gasteiger partial charge in [-0.2, -0.15) is 9.98 Å². The average Bonchev–Trinajstić information content (AvgIpc) is 3.13. The first kappa shape index (κ1) is 18.8. The van der Waals surface area contributed by atoms with Crippen molar-refractivity contribution in [3.63, 3.8) is 0 Å². The Hall–Kier alpha value is -1.99. The molecule has 3 rings (SSSR count). The molecule has 0 saturated carbocycles. The Balaban J connectivity index is 1.74. The van der Waals surface area contributed by atoms with Gasteiger partial charge in [-0.05, 0) is 42.5 Å². The van der Waals surface area contributed by atoms with Crippen LogP contribution in [0, 0.1) is 11.3 Å². The Morgan fingerprint density at radius 1 is 1.46 bits per heavy atom. The van der Waals surface area contributed by atoms with Crippen LogP contribution >= 0.6 is 0 Å². The fourth-order valence-corrected chi connectivity index (χ4v) is 4.40. The van der Waals surface area contributed by atoms with Gasteiger partial charge in [0.25, 0.3) is 0 Å². The van der Waals surface area contributed by atoms with Crippen LogP contribution in [0.3, 0.4) is 0 Å². The van der Waals surface area contributed by atoms with Gasteiger partial charge in [-0.15, -0.1) is 0 Å². The second-order valence-electron chi connectivity index (χ2n) is 6.47. The molecule has 2 heterocycles. The van der Waals surface area contributed by atoms with Crippen molar-refractivity contribution in [3.05, 3.63) is 29.3 Å². The number of hydrogen-bond acceptors (Lipinski definition) is 6. The van der Waals surface area contributed by atoms with E-state index >= 15 is 0 Å². The summed E-state index contributed by atoms with van der Waals surface area (Å²) in [6, 6.07) is 6.37. The van der Waals surface area contributed by atoms with E-state index in [9.17, 15) is 18.5 Å². The first-order valence-electron chi connectivity index (χ1n) is 8.50. The summed E-state index contributed by atoms with van der Waals surface area (Å²) in [7, 11) is -2.21. The molecule has 0 aliphatic carbocycles. The van der Waals surface area contributed by atoms with E-state index in [1.807, 2.05) is 0 Å². The summed E-state index contributed by atoms with van der Waals surface area (Å²) in [5, 5.41) is 12.4. The first-order valence-corrected chi connectivity index (χ1v) is 9.98. The van der Waals surface area contributed by atoms with Crippen LogP contribution in [0.2, 0.25) is 0 Å². The minimum Gasteiger partial charge on any atom is -0.369 e. The number of hydrogen-bond donors (Lipinski definition) is 2. The summed E-state index contributed by atoms with van der Waals surface area (Å²) < 4.78 is 31.5. The standard InChI is InChI=1S/C17H22N4O4S/c1-25-11-20-26(23,24)15-5-4-12-8-16(19-10-13(12)7-15)17(22)21-6-2-3-14(21)9-18/h4-5,7,14,16,19-20H,2-3,6,8,10-11H2,1H3/t14-,16-/m0/s1. The Morgan fingerprint density at radius 3 is 3.00 bits per heavy atom. The number of carbonyl (C=O) groups is 1. The highest BCUT2D eigenvalue weighted by Crippen LogP contribution is 2.24. The van der Waals surface area contributed by atoms with E-state index in [0.29, 0.717) is 19.5 Å². The molecule has 8 nitrogen and oxygen atoms in total. The minimum absolute atomic E-state index is 0.0573. The monoisotopic (exact) mass is 378 g/mol. The van der Waals surface area contributed by atoms with Crippen LogP contribution in [0.25, 0.3) is 0 Å². The quantitative estimate of drug-likeness (QED) is 0.703. The summed E-state index contributed by atoms with van der Waals surface area (Å²) in [4.78, 5) is 14.5. The lowest BCUT2D eigenvalue weighted by Gasteiger charge is -2.30. The number of fused-ring (bicyclic) bond motifs is 1. The van der Waals surface area contributed by atoms with Gasteiger partial charge in [0.2, 0.25) is 15.9 Å². The smallest absolute Gasteiger partial charge is 0.242 e. The number of likely N-dealkylation sites (tertiary alicyclic amines) is 1. The number of rotatable bonds is 5. The van der Waals surface area contributed by atoms with Crippen LogP contribution in [-0.2, 0) is 32.5 Å². The highest BCUT2D eigenvalue weighted by atomic mass is 32.2. The van der Waals surface area contributed by atoms with Crippen molar-refractivity contribution in [1.29, 1.82) is 5.26 Å². The Kier molecular flexibility index (Phi) is 5.58. The molecule has 2 aliphatic rings. The number of nitrogens with one attached hydrogen (secondary N) is 2. The number of nitriles is 1. The molecule has 1 aromatic carbocycles. The number of amides is 1. The topological polar surface area (TPSA) is 112 Å². The van der Waals surface area contributed by atoms with Gasteiger partial charge in [0.05, 0.1) is 17.0 Å². The van der Waals surface area contributed by atoms with Crippen LogP contribution in [0.4, 0.5) is 0 Å². The molecular formula is C17H22N4O4S. The van der Waals surface area contributed by atoms with Crippen molar-refractivity contribution in [2.45, 2.75) is 42.8 Å². The van der Waals surface area contributed by atoms with Crippen molar-refractivity contribution in [2.24, 2.45) is 0 Å². The molecule has 0 unspecified atom stereocenters. The molecule has 140 valence electrons. The number of benzene rings is 1. The van der Waals surface area contributed by atoms with Crippen LogP contribution in [0.5, 0.6) is 0 Å². The van der Waals surface area contributed by atoms with Gasteiger partial charge in [0.1, 0.15) is 12.8 Å². The van der Waals surface area contributed by atoms with Gasteiger partial charge < -0.3 is 15.0 Å². The maximum absolute atomic E-state index is 12.7. The molecule has 0 spiro atoms. The van der Waals surface area contributed by atoms with E-state index < -0.39 is 10.0 Å². The number of ether oxygens (including phenoxy) is 1. The van der Waals surface area contributed by atoms with Crippen LogP contribution in [0.1, 0.15) is 24.0 Å². The lowest BCUT2D eigenvalue weighted by molar-refractivity contribution is -0.133. The predicted molar refractivity (Wildman–Crippen MR) is 93.3 cm³/mol. The molecule has 0 radical (unpaired) electrons. The predicted octanol–water partition coefficient (Wildman–Crippen LogP) is 0.0977. The van der Waals surface area contributed by atoms with Gasteiger partial charge in [-0.3, -0.25) is 4.79 Å². The molecule has 1 fully saturated rings. The number of carbonyl (C=O) groups excluding carboxylic acids is 1. The molecule has 1 saturated heterocycles. The van der Waals surface area contributed by atoms with Gasteiger partial charge in [0.15, 0.2) is 0 Å². The largest absolute Gasteiger partial charge is 0.369 e. The third-order valence-electron chi connectivity index (χ3n) is 4.83. The van der Waals surface area contributed by atoms with E-state index in [-0.39, 0.29) is 29.6 Å². The van der Waals surface area contributed by atoms with Gasteiger partial charge in [0, 0.05) is 20.2 Å². The second-order valence-corrected chi connectivity index (χ2v) is 8.23. The maximum Gasteiger partial charge on any atom is 0.242 e. The number of methoxy groups -OCH3 is 1. The molecule has 1 amide bonds. The molecule has 0 bridgehead atoms. The van der Waals surface area contributed by atoms with Crippen molar-refractivity contribution in [3.8, 4) is 6.07 Å². The number of sulfonamides is 1. The van der Waals surface area contributed by atoms with Crippen molar-refractivity contribution >= 4 is 15.9 Å². The molecular weight excluding hydrogens is 356 g/mol. The average molecular weight is 378 g/mol. The maximum atomic E-state index is 12.7. The normalized spacial score (nSPS) is 22.7. The summed E-state index contributed by atoms with van der Waals surface area (Å²) in [6.45, 7) is 0.930. The highest BCUT2D eigenvalue weighted by Gasteiger charge is 2.34. The van der Waals surface area contributed by atoms with Crippen LogP contribution < -0.4 is 10.0 Å². The number of nitrogens with zero attached hydrogens (tertiary/aromatic N) is 2. The Morgan fingerprint density at radius 2 is 2.27 bits per heavy atom. The zero-order valence-corrected chi connectivity index (χ0v) is 15.4. The summed E-state index contributed by atoms with van der Waals surface area (Å²) in [5.41, 5.74) is 1.80. The minimum atomic E-state index is -3.62. The molecule has 2 aliphatic heterocycles. The molecule has 2 atom stereocenters. The lowest BCUT2D eigenvalue weighted by Crippen LogP contribution is -2.50. The lowest BCUT2D eigenvalue weighted by atomic mass is 9.95. The van der Waals surface area contributed by atoms with Crippen LogP contribution in [-0.4, -0.2) is 51.7 Å². The molecule has 9 heteroatoms. The van der Waals surface area contributed by atoms with E-state index in [2.05, 4.69) is 16.1 Å². The van der Waals surface area contributed by atoms with E-state index in [1.165, 1.54) is 13.2 Å². The fourth-order valence-electron chi connectivity index (χ4n) is 3.42. The molecule has 1 aromatic rings. The SMILES string of the molecule is COCNS(=O)(=O)c1ccc2c(c1)CN[C@H](C(=O)N1CCC[C@H]1C#N)C2. The molecule has 26 heavy (non-hydrogen) atoms. The van der Waals surface area contributed by atoms with Gasteiger partial charge >= 0.3 is 0 Å². The van der Waals surface area contributed by atoms with Crippen LogP contribution in [0.15, 0.2) is 23.1 Å². The second kappa shape index (κ2) is 7.72. The zero-order valence-electron chi connectivity index (χ0n) is 14.6. The zero-order chi connectivity index (χ0) is 18.7. The van der Waals surface area contributed by atoms with Crippen molar-refractivity contribution in [1.82, 2.24) is 14.9 Å². The van der Waals surface area contributed by atoms with E-state index in [0.717, 1.165) is 24.0 Å². The molecule has 2 N–H and O–H groups in total. The van der Waals surface area contributed by atoms with Gasteiger partial charge in [-0.25, -0.2) is 8.42 Å². The van der Waals surface area contributed by atoms with E-state index in [1.54, 1.807) is 17.0 Å². The molecule has 0 aromatic heterocycles. The fraction of sp³-hybridized carbons (Fsp3) is 0.529. The first-order chi connectivity index (χ1) is 12.5. The summed E-state index contributed by atoms with van der Waals surface area (Å²) in [5.74, 6) is -0.0573. The Bertz CT molecular complexity index is 834. The Labute approximate surface area is 153 Å².